The van der Waals surface area contributed by atoms with Gasteiger partial charge in [0.05, 0.1) is 0 Å². The Kier molecular flexibility index (Phi) is 25.3. The van der Waals surface area contributed by atoms with Crippen molar-refractivity contribution in [3.05, 3.63) is 6.92 Å². The minimum Gasteiger partial charge on any atom is -0.462 e. The number of ether oxygens (including phenoxy) is 1. The molecule has 0 spiro atoms. The fourth-order valence-corrected chi connectivity index (χ4v) is 4.27. The van der Waals surface area contributed by atoms with Gasteiger partial charge in [-0.2, -0.15) is 0 Å². The predicted molar refractivity (Wildman–Crippen MR) is 137 cm³/mol. The molecular formula is C29H57O2. The Hall–Kier alpha value is -0.530. The summed E-state index contributed by atoms with van der Waals surface area (Å²) in [6, 6.07) is 0. The lowest BCUT2D eigenvalue weighted by Crippen LogP contribution is -2.14. The molecule has 0 aliphatic heterocycles. The number of hydrogen-bond donors (Lipinski definition) is 0. The third-order valence-corrected chi connectivity index (χ3v) is 6.41. The summed E-state index contributed by atoms with van der Waals surface area (Å²) in [5.74, 6) is -0.0426. The van der Waals surface area contributed by atoms with E-state index in [9.17, 15) is 4.79 Å². The second kappa shape index (κ2) is 25.7. The van der Waals surface area contributed by atoms with Crippen molar-refractivity contribution in [1.82, 2.24) is 0 Å². The van der Waals surface area contributed by atoms with E-state index in [1.165, 1.54) is 122 Å². The molecule has 0 saturated carbocycles. The van der Waals surface area contributed by atoms with Gasteiger partial charge in [-0.25, -0.2) is 0 Å². The van der Waals surface area contributed by atoms with Crippen molar-refractivity contribution in [3.63, 3.8) is 0 Å². The minimum absolute atomic E-state index is 0.0426. The highest BCUT2D eigenvalue weighted by Crippen LogP contribution is 2.15. The van der Waals surface area contributed by atoms with Crippen LogP contribution in [0.5, 0.6) is 0 Å². The molecule has 0 saturated heterocycles. The maximum atomic E-state index is 12.0. The van der Waals surface area contributed by atoms with E-state index in [1.54, 1.807) is 0 Å². The van der Waals surface area contributed by atoms with Gasteiger partial charge >= 0.3 is 5.97 Å². The molecule has 0 N–H and O–H groups in total. The van der Waals surface area contributed by atoms with Crippen molar-refractivity contribution < 1.29 is 9.53 Å². The lowest BCUT2D eigenvalue weighted by molar-refractivity contribution is -0.147. The first-order chi connectivity index (χ1) is 15.2. The van der Waals surface area contributed by atoms with Crippen LogP contribution in [0.3, 0.4) is 0 Å². The quantitative estimate of drug-likeness (QED) is 0.105. The van der Waals surface area contributed by atoms with Crippen LogP contribution >= 0.6 is 0 Å². The van der Waals surface area contributed by atoms with Crippen molar-refractivity contribution in [2.24, 2.45) is 0 Å². The lowest BCUT2D eigenvalue weighted by Gasteiger charge is -2.13. The topological polar surface area (TPSA) is 26.3 Å². The van der Waals surface area contributed by atoms with Crippen LogP contribution in [0.25, 0.3) is 0 Å². The van der Waals surface area contributed by atoms with Crippen molar-refractivity contribution in [3.8, 4) is 0 Å². The number of carbonyl (C=O) groups is 1. The summed E-state index contributed by atoms with van der Waals surface area (Å²) in [6.07, 6.45) is 30.6. The summed E-state index contributed by atoms with van der Waals surface area (Å²) >= 11 is 0. The third-order valence-electron chi connectivity index (χ3n) is 6.41. The predicted octanol–water partition coefficient (Wildman–Crippen LogP) is 10.1. The SMILES string of the molecule is [CH2]C(CCCCCCCCCCC)OC(=O)CCCCCCCCCCCCCCC. The third kappa shape index (κ3) is 25.6. The zero-order valence-electron chi connectivity index (χ0n) is 21.6. The van der Waals surface area contributed by atoms with Gasteiger partial charge in [0, 0.05) is 6.42 Å². The minimum atomic E-state index is -0.154. The summed E-state index contributed by atoms with van der Waals surface area (Å²) in [7, 11) is 0. The van der Waals surface area contributed by atoms with Crippen LogP contribution in [-0.4, -0.2) is 12.1 Å². The number of rotatable bonds is 25. The Balaban J connectivity index is 3.29. The summed E-state index contributed by atoms with van der Waals surface area (Å²) in [6.45, 7) is 8.56. The highest BCUT2D eigenvalue weighted by Gasteiger charge is 2.09. The molecule has 0 aliphatic carbocycles. The standard InChI is InChI=1S/C29H57O2/c1-4-6-8-10-12-14-15-16-17-19-21-23-25-27-29(30)31-28(3)26-24-22-20-18-13-11-9-7-5-2/h28H,3-27H2,1-2H3. The molecule has 1 unspecified atom stereocenters. The van der Waals surface area contributed by atoms with Gasteiger partial charge in [-0.3, -0.25) is 4.79 Å². The molecule has 1 radical (unpaired) electrons. The van der Waals surface area contributed by atoms with E-state index >= 15 is 0 Å². The first kappa shape index (κ1) is 30.5. The smallest absolute Gasteiger partial charge is 0.306 e. The fraction of sp³-hybridized carbons (Fsp3) is 0.931. The second-order valence-electron chi connectivity index (χ2n) is 9.72. The maximum absolute atomic E-state index is 12.0. The van der Waals surface area contributed by atoms with E-state index < -0.39 is 0 Å². The maximum Gasteiger partial charge on any atom is 0.306 e. The summed E-state index contributed by atoms with van der Waals surface area (Å²) in [5.41, 5.74) is 0. The molecule has 2 nitrogen and oxygen atoms in total. The molecule has 31 heavy (non-hydrogen) atoms. The van der Waals surface area contributed by atoms with E-state index in [-0.39, 0.29) is 12.1 Å². The largest absolute Gasteiger partial charge is 0.462 e. The van der Waals surface area contributed by atoms with Gasteiger partial charge in [0.15, 0.2) is 0 Å². The zero-order chi connectivity index (χ0) is 22.8. The summed E-state index contributed by atoms with van der Waals surface area (Å²) in [4.78, 5) is 12.0. The molecule has 0 amide bonds. The monoisotopic (exact) mass is 437 g/mol. The van der Waals surface area contributed by atoms with Gasteiger partial charge in [0.25, 0.3) is 0 Å². The van der Waals surface area contributed by atoms with E-state index in [0.717, 1.165) is 25.7 Å². The Bertz CT molecular complexity index is 353. The number of hydrogen-bond acceptors (Lipinski definition) is 2. The van der Waals surface area contributed by atoms with Crippen molar-refractivity contribution >= 4 is 5.97 Å². The number of carbonyl (C=O) groups excluding carboxylic acids is 1. The average Bonchev–Trinajstić information content (AvgIpc) is 2.75. The van der Waals surface area contributed by atoms with Crippen molar-refractivity contribution in [1.29, 1.82) is 0 Å². The van der Waals surface area contributed by atoms with Gasteiger partial charge in [-0.05, 0) is 26.2 Å². The van der Waals surface area contributed by atoms with E-state index in [1.807, 2.05) is 0 Å². The highest BCUT2D eigenvalue weighted by atomic mass is 16.5. The van der Waals surface area contributed by atoms with Gasteiger partial charge < -0.3 is 4.74 Å². The number of esters is 1. The van der Waals surface area contributed by atoms with Crippen LogP contribution < -0.4 is 0 Å². The molecule has 0 aliphatic rings. The first-order valence-corrected chi connectivity index (χ1v) is 14.2. The Morgan fingerprint density at radius 3 is 1.26 bits per heavy atom. The summed E-state index contributed by atoms with van der Waals surface area (Å²) < 4.78 is 5.48. The van der Waals surface area contributed by atoms with Crippen LogP contribution in [0.4, 0.5) is 0 Å². The fourth-order valence-electron chi connectivity index (χ4n) is 4.27. The molecule has 0 rings (SSSR count). The Morgan fingerprint density at radius 2 is 0.871 bits per heavy atom. The van der Waals surface area contributed by atoms with Crippen LogP contribution in [-0.2, 0) is 9.53 Å². The zero-order valence-corrected chi connectivity index (χ0v) is 21.6. The van der Waals surface area contributed by atoms with Crippen LogP contribution in [0.15, 0.2) is 0 Å². The second-order valence-corrected chi connectivity index (χ2v) is 9.72. The molecule has 0 bridgehead atoms. The van der Waals surface area contributed by atoms with Gasteiger partial charge in [0.1, 0.15) is 6.10 Å². The van der Waals surface area contributed by atoms with Gasteiger partial charge in [-0.1, -0.05) is 142 Å². The molecule has 0 aromatic carbocycles. The van der Waals surface area contributed by atoms with Crippen molar-refractivity contribution in [2.75, 3.05) is 0 Å². The van der Waals surface area contributed by atoms with E-state index in [0.29, 0.717) is 6.42 Å². The van der Waals surface area contributed by atoms with E-state index in [2.05, 4.69) is 20.8 Å². The van der Waals surface area contributed by atoms with E-state index in [4.69, 9.17) is 4.74 Å². The molecule has 0 heterocycles. The van der Waals surface area contributed by atoms with Crippen molar-refractivity contribution in [2.45, 2.75) is 174 Å². The lowest BCUT2D eigenvalue weighted by atomic mass is 10.0. The van der Waals surface area contributed by atoms with Crippen LogP contribution in [0.1, 0.15) is 168 Å². The number of unbranched alkanes of at least 4 members (excludes halogenated alkanes) is 20. The normalized spacial score (nSPS) is 12.2. The molecule has 185 valence electrons. The van der Waals surface area contributed by atoms with Crippen LogP contribution in [0.2, 0.25) is 0 Å². The average molecular weight is 438 g/mol. The molecule has 2 heteroatoms. The molecule has 1 atom stereocenters. The molecule has 0 fully saturated rings. The first-order valence-electron chi connectivity index (χ1n) is 14.2. The highest BCUT2D eigenvalue weighted by molar-refractivity contribution is 5.69. The molecule has 0 aromatic heterocycles. The molecule has 0 aromatic rings. The van der Waals surface area contributed by atoms with Gasteiger partial charge in [0.2, 0.25) is 0 Å². The summed E-state index contributed by atoms with van der Waals surface area (Å²) in [5, 5.41) is 0. The Labute approximate surface area is 196 Å². The van der Waals surface area contributed by atoms with Gasteiger partial charge in [-0.15, -0.1) is 0 Å². The molecular weight excluding hydrogens is 380 g/mol. The van der Waals surface area contributed by atoms with Crippen LogP contribution in [0, 0.1) is 6.92 Å². The Morgan fingerprint density at radius 1 is 0.548 bits per heavy atom.